The van der Waals surface area contributed by atoms with E-state index in [-0.39, 0.29) is 24.3 Å². The summed E-state index contributed by atoms with van der Waals surface area (Å²) in [4.78, 5) is 3.92. The van der Waals surface area contributed by atoms with Gasteiger partial charge in [-0.25, -0.2) is 0 Å². The van der Waals surface area contributed by atoms with E-state index >= 15 is 0 Å². The van der Waals surface area contributed by atoms with Gasteiger partial charge in [-0.2, -0.15) is 8.42 Å². The highest BCUT2D eigenvalue weighted by Crippen LogP contribution is 1.85. The first-order chi connectivity index (χ1) is 7.16. The Morgan fingerprint density at radius 1 is 1.41 bits per heavy atom. The molecule has 0 aliphatic rings. The first-order valence-corrected chi connectivity index (χ1v) is 5.67. The minimum atomic E-state index is -4.67. The Bertz CT molecular complexity index is 323. The van der Waals surface area contributed by atoms with Crippen LogP contribution < -0.4 is 16.8 Å². The van der Waals surface area contributed by atoms with Crippen LogP contribution in [0, 0.1) is 5.41 Å². The van der Waals surface area contributed by atoms with Crippen LogP contribution in [-0.2, 0) is 10.4 Å². The molecule has 0 atom stereocenters. The molecular weight excluding hydrogens is 274 g/mol. The Morgan fingerprint density at radius 2 is 1.82 bits per heavy atom. The van der Waals surface area contributed by atoms with Crippen LogP contribution in [0.1, 0.15) is 19.8 Å². The zero-order valence-electron chi connectivity index (χ0n) is 9.25. The van der Waals surface area contributed by atoms with Gasteiger partial charge in [0.25, 0.3) is 0 Å². The lowest BCUT2D eigenvalue weighted by Gasteiger charge is -2.00. The molecule has 0 aromatic carbocycles. The molecule has 0 aromatic heterocycles. The summed E-state index contributed by atoms with van der Waals surface area (Å²) in [6.45, 7) is 2.76. The van der Waals surface area contributed by atoms with Crippen molar-refractivity contribution in [2.24, 2.45) is 16.5 Å². The molecule has 0 radical (unpaired) electrons. The summed E-state index contributed by atoms with van der Waals surface area (Å²) in [6.07, 6.45) is 2.08. The summed E-state index contributed by atoms with van der Waals surface area (Å²) < 4.78 is 31.6. The van der Waals surface area contributed by atoms with Gasteiger partial charge in [-0.1, -0.05) is 13.3 Å². The second-order valence-electron chi connectivity index (χ2n) is 2.61. The van der Waals surface area contributed by atoms with Crippen molar-refractivity contribution in [2.45, 2.75) is 19.8 Å². The lowest BCUT2D eigenvalue weighted by molar-refractivity contribution is 0.381. The topological polar surface area (TPSA) is 175 Å². The first kappa shape index (κ1) is 21.2. The number of nitrogens with zero attached hydrogens (tertiary/aromatic N) is 1. The minimum Gasteiger partial charge on any atom is -0.370 e. The summed E-state index contributed by atoms with van der Waals surface area (Å²) in [5.74, 6) is 0.0358. The summed E-state index contributed by atoms with van der Waals surface area (Å²) in [5.41, 5.74) is 10.3. The highest BCUT2D eigenvalue weighted by molar-refractivity contribution is 7.79. The number of unbranched alkanes of at least 4 members (excludes halogenated alkanes) is 1. The van der Waals surface area contributed by atoms with Gasteiger partial charge in [0.1, 0.15) is 0 Å². The summed E-state index contributed by atoms with van der Waals surface area (Å²) in [7, 11) is -4.67. The van der Waals surface area contributed by atoms with Gasteiger partial charge in [0.05, 0.1) is 0 Å². The second-order valence-corrected chi connectivity index (χ2v) is 3.50. The summed E-state index contributed by atoms with van der Waals surface area (Å²) in [6, 6.07) is 0. The largest absolute Gasteiger partial charge is 0.394 e. The van der Waals surface area contributed by atoms with Gasteiger partial charge in [-0.15, -0.1) is 12.4 Å². The van der Waals surface area contributed by atoms with Gasteiger partial charge in [0.15, 0.2) is 11.9 Å². The Kier molecular flexibility index (Phi) is 14.2. The standard InChI is InChI=1S/C6H15N5.ClH.H2O4S/c1-2-3-4-10-6(9)11-5(7)8;;1-5(2,3)4/h2-4H2,1H3,(H6,7,8,9,10,11);1H;(H2,1,2,3,4). The average molecular weight is 292 g/mol. The van der Waals surface area contributed by atoms with Crippen molar-refractivity contribution in [2.75, 3.05) is 6.54 Å². The molecule has 0 saturated carbocycles. The van der Waals surface area contributed by atoms with Crippen molar-refractivity contribution in [3.05, 3.63) is 0 Å². The van der Waals surface area contributed by atoms with E-state index in [9.17, 15) is 0 Å². The fourth-order valence-corrected chi connectivity index (χ4v) is 0.535. The molecule has 0 amide bonds. The Hall–Kier alpha value is -1.10. The van der Waals surface area contributed by atoms with Crippen LogP contribution in [0.5, 0.6) is 0 Å². The third-order valence-electron chi connectivity index (χ3n) is 1.06. The molecule has 0 rings (SSSR count). The average Bonchev–Trinajstić information content (AvgIpc) is 1.99. The zero-order chi connectivity index (χ0) is 13.2. The normalized spacial score (nSPS) is 10.6. The molecule has 0 aliphatic heterocycles. The molecule has 104 valence electrons. The molecule has 0 heterocycles. The third-order valence-corrected chi connectivity index (χ3v) is 1.06. The monoisotopic (exact) mass is 291 g/mol. The third kappa shape index (κ3) is 39.7. The van der Waals surface area contributed by atoms with Crippen molar-refractivity contribution in [3.8, 4) is 0 Å². The number of aliphatic imine (C=N–C) groups is 1. The van der Waals surface area contributed by atoms with E-state index in [1.54, 1.807) is 0 Å². The van der Waals surface area contributed by atoms with Crippen LogP contribution in [0.15, 0.2) is 4.99 Å². The van der Waals surface area contributed by atoms with Gasteiger partial charge in [0.2, 0.25) is 0 Å². The van der Waals surface area contributed by atoms with Crippen LogP contribution in [-0.4, -0.2) is 36.0 Å². The SMILES string of the molecule is CCCCN=C(N)NC(=N)N.Cl.O=S(=O)(O)O. The van der Waals surface area contributed by atoms with Crippen molar-refractivity contribution in [1.82, 2.24) is 5.32 Å². The number of halogens is 1. The number of rotatable bonds is 3. The van der Waals surface area contributed by atoms with E-state index in [1.807, 2.05) is 0 Å². The van der Waals surface area contributed by atoms with Gasteiger partial charge in [-0.05, 0) is 6.42 Å². The highest BCUT2D eigenvalue weighted by Gasteiger charge is 1.90. The molecule has 8 N–H and O–H groups in total. The molecule has 0 fully saturated rings. The number of nitrogens with one attached hydrogen (secondary N) is 2. The number of guanidine groups is 2. The summed E-state index contributed by atoms with van der Waals surface area (Å²) >= 11 is 0. The molecular formula is C6H18ClN5O4S. The van der Waals surface area contributed by atoms with Crippen molar-refractivity contribution in [1.29, 1.82) is 5.41 Å². The minimum absolute atomic E-state index is 0. The maximum atomic E-state index is 8.74. The van der Waals surface area contributed by atoms with E-state index in [0.717, 1.165) is 12.8 Å². The van der Waals surface area contributed by atoms with E-state index in [0.29, 0.717) is 6.54 Å². The van der Waals surface area contributed by atoms with E-state index in [1.165, 1.54) is 0 Å². The predicted octanol–water partition coefficient (Wildman–Crippen LogP) is -0.647. The number of hydrogen-bond acceptors (Lipinski definition) is 4. The van der Waals surface area contributed by atoms with Crippen LogP contribution >= 0.6 is 12.4 Å². The zero-order valence-corrected chi connectivity index (χ0v) is 10.9. The molecule has 17 heavy (non-hydrogen) atoms. The first-order valence-electron chi connectivity index (χ1n) is 4.27. The molecule has 0 bridgehead atoms. The predicted molar refractivity (Wildman–Crippen MR) is 67.9 cm³/mol. The van der Waals surface area contributed by atoms with Crippen molar-refractivity contribution < 1.29 is 17.5 Å². The Morgan fingerprint density at radius 3 is 2.12 bits per heavy atom. The Labute approximate surface area is 106 Å². The van der Waals surface area contributed by atoms with Gasteiger partial charge in [0, 0.05) is 6.54 Å². The molecule has 0 saturated heterocycles. The number of hydrogen-bond donors (Lipinski definition) is 6. The van der Waals surface area contributed by atoms with Gasteiger partial charge in [-0.3, -0.25) is 24.8 Å². The number of nitrogens with two attached hydrogens (primary N) is 2. The quantitative estimate of drug-likeness (QED) is 0.173. The summed E-state index contributed by atoms with van der Waals surface area (Å²) in [5, 5.41) is 9.20. The van der Waals surface area contributed by atoms with E-state index < -0.39 is 10.4 Å². The molecule has 0 spiro atoms. The van der Waals surface area contributed by atoms with Crippen LogP contribution in [0.25, 0.3) is 0 Å². The van der Waals surface area contributed by atoms with Gasteiger partial charge < -0.3 is 11.5 Å². The van der Waals surface area contributed by atoms with E-state index in [2.05, 4.69) is 17.2 Å². The van der Waals surface area contributed by atoms with E-state index in [4.69, 9.17) is 34.4 Å². The fourth-order valence-electron chi connectivity index (χ4n) is 0.535. The van der Waals surface area contributed by atoms with Crippen molar-refractivity contribution >= 4 is 34.7 Å². The van der Waals surface area contributed by atoms with Crippen LogP contribution in [0.2, 0.25) is 0 Å². The second kappa shape index (κ2) is 11.4. The maximum Gasteiger partial charge on any atom is 0.394 e. The van der Waals surface area contributed by atoms with Crippen LogP contribution in [0.3, 0.4) is 0 Å². The lowest BCUT2D eigenvalue weighted by Crippen LogP contribution is -2.40. The molecule has 9 nitrogen and oxygen atoms in total. The highest BCUT2D eigenvalue weighted by atomic mass is 35.5. The molecule has 0 aliphatic carbocycles. The lowest BCUT2D eigenvalue weighted by atomic mass is 10.3. The maximum absolute atomic E-state index is 8.74. The molecule has 11 heteroatoms. The van der Waals surface area contributed by atoms with Crippen molar-refractivity contribution in [3.63, 3.8) is 0 Å². The molecule has 0 aromatic rings. The fraction of sp³-hybridized carbons (Fsp3) is 0.667. The smallest absolute Gasteiger partial charge is 0.370 e. The van der Waals surface area contributed by atoms with Crippen LogP contribution in [0.4, 0.5) is 0 Å². The Balaban J connectivity index is -0.000000280. The molecule has 0 unspecified atom stereocenters. The van der Waals surface area contributed by atoms with Gasteiger partial charge >= 0.3 is 10.4 Å².